The third-order valence-corrected chi connectivity index (χ3v) is 4.55. The molecule has 0 radical (unpaired) electrons. The van der Waals surface area contributed by atoms with E-state index in [9.17, 15) is 9.90 Å². The number of nitrogens with zero attached hydrogens (tertiary/aromatic N) is 1. The van der Waals surface area contributed by atoms with Crippen molar-refractivity contribution in [3.05, 3.63) is 65.2 Å². The van der Waals surface area contributed by atoms with Crippen molar-refractivity contribution in [3.63, 3.8) is 0 Å². The van der Waals surface area contributed by atoms with E-state index in [4.69, 9.17) is 16.3 Å². The Morgan fingerprint density at radius 2 is 1.88 bits per heavy atom. The molecule has 1 fully saturated rings. The molecule has 0 amide bonds. The summed E-state index contributed by atoms with van der Waals surface area (Å²) < 4.78 is 5.19. The number of aliphatic hydroxyl groups is 1. The molecule has 3 rings (SSSR count). The van der Waals surface area contributed by atoms with E-state index < -0.39 is 18.1 Å². The van der Waals surface area contributed by atoms with Gasteiger partial charge in [0.05, 0.1) is 18.8 Å². The fourth-order valence-corrected chi connectivity index (χ4v) is 3.40. The Morgan fingerprint density at radius 3 is 2.50 bits per heavy atom. The third-order valence-electron chi connectivity index (χ3n) is 4.30. The molecule has 24 heavy (non-hydrogen) atoms. The van der Waals surface area contributed by atoms with Crippen LogP contribution >= 0.6 is 11.6 Å². The zero-order valence-electron chi connectivity index (χ0n) is 13.4. The van der Waals surface area contributed by atoms with Crippen LogP contribution in [0.2, 0.25) is 5.02 Å². The number of rotatable bonds is 4. The molecule has 2 aromatic carbocycles. The van der Waals surface area contributed by atoms with Crippen molar-refractivity contribution in [3.8, 4) is 0 Å². The van der Waals surface area contributed by atoms with E-state index in [0.717, 1.165) is 11.3 Å². The first kappa shape index (κ1) is 16.8. The molecule has 0 aromatic heterocycles. The molecule has 1 saturated heterocycles. The standard InChI is InChI=1S/C19H20ClNO3/c1-2-24-19(23)18-17(22)12-16(13-6-4-3-5-7-13)21(18)15-10-8-14(20)9-11-15/h3-11,16-18,22H,2,12H2,1H3/t16-,17-,18+/m1/s1. The predicted molar refractivity (Wildman–Crippen MR) is 94.2 cm³/mol. The molecule has 2 aromatic rings. The molecule has 5 heteroatoms. The van der Waals surface area contributed by atoms with Gasteiger partial charge < -0.3 is 14.7 Å². The first-order valence-electron chi connectivity index (χ1n) is 8.05. The van der Waals surface area contributed by atoms with Crippen molar-refractivity contribution < 1.29 is 14.6 Å². The lowest BCUT2D eigenvalue weighted by molar-refractivity contribution is -0.146. The molecule has 0 saturated carbocycles. The van der Waals surface area contributed by atoms with E-state index in [2.05, 4.69) is 0 Å². The molecule has 126 valence electrons. The summed E-state index contributed by atoms with van der Waals surface area (Å²) in [6.45, 7) is 2.05. The van der Waals surface area contributed by atoms with E-state index in [-0.39, 0.29) is 12.6 Å². The number of carbonyl (C=O) groups is 1. The minimum absolute atomic E-state index is 0.100. The van der Waals surface area contributed by atoms with Crippen LogP contribution in [-0.2, 0) is 9.53 Å². The average Bonchev–Trinajstić information content (AvgIpc) is 2.94. The maximum absolute atomic E-state index is 12.4. The van der Waals surface area contributed by atoms with Gasteiger partial charge in [-0.1, -0.05) is 41.9 Å². The second kappa shape index (κ2) is 7.24. The zero-order chi connectivity index (χ0) is 17.1. The molecule has 0 aliphatic carbocycles. The maximum Gasteiger partial charge on any atom is 0.331 e. The van der Waals surface area contributed by atoms with Gasteiger partial charge >= 0.3 is 5.97 Å². The molecule has 1 N–H and O–H groups in total. The Morgan fingerprint density at radius 1 is 1.21 bits per heavy atom. The van der Waals surface area contributed by atoms with Crippen molar-refractivity contribution in [2.24, 2.45) is 0 Å². The summed E-state index contributed by atoms with van der Waals surface area (Å²) in [7, 11) is 0. The molecule has 1 heterocycles. The van der Waals surface area contributed by atoms with Crippen molar-refractivity contribution in [2.75, 3.05) is 11.5 Å². The number of esters is 1. The van der Waals surface area contributed by atoms with Gasteiger partial charge in [-0.15, -0.1) is 0 Å². The smallest absolute Gasteiger partial charge is 0.331 e. The van der Waals surface area contributed by atoms with Crippen LogP contribution in [0.15, 0.2) is 54.6 Å². The summed E-state index contributed by atoms with van der Waals surface area (Å²) in [5.74, 6) is -0.404. The van der Waals surface area contributed by atoms with E-state index in [1.54, 1.807) is 19.1 Å². The SMILES string of the molecule is CCOC(=O)[C@@H]1[C@H](O)C[C@H](c2ccccc2)N1c1ccc(Cl)cc1. The highest BCUT2D eigenvalue weighted by atomic mass is 35.5. The molecule has 1 aliphatic heterocycles. The van der Waals surface area contributed by atoms with Gasteiger partial charge in [0.15, 0.2) is 6.04 Å². The van der Waals surface area contributed by atoms with Crippen LogP contribution in [0.4, 0.5) is 5.69 Å². The number of hydrogen-bond acceptors (Lipinski definition) is 4. The average molecular weight is 346 g/mol. The van der Waals surface area contributed by atoms with Crippen LogP contribution in [0.3, 0.4) is 0 Å². The lowest BCUT2D eigenvalue weighted by Crippen LogP contribution is -2.43. The molecular weight excluding hydrogens is 326 g/mol. The van der Waals surface area contributed by atoms with Crippen molar-refractivity contribution >= 4 is 23.3 Å². The number of benzene rings is 2. The highest BCUT2D eigenvalue weighted by Gasteiger charge is 2.46. The Hall–Kier alpha value is -2.04. The first-order chi connectivity index (χ1) is 11.6. The molecule has 1 aliphatic rings. The molecule has 0 bridgehead atoms. The normalized spacial score (nSPS) is 23.3. The van der Waals surface area contributed by atoms with Gasteiger partial charge in [-0.2, -0.15) is 0 Å². The Bertz CT molecular complexity index is 690. The Balaban J connectivity index is 2.02. The van der Waals surface area contributed by atoms with Gasteiger partial charge in [-0.25, -0.2) is 4.79 Å². The number of anilines is 1. The van der Waals surface area contributed by atoms with Gasteiger partial charge in [0.25, 0.3) is 0 Å². The van der Waals surface area contributed by atoms with E-state index in [0.29, 0.717) is 11.4 Å². The fraction of sp³-hybridized carbons (Fsp3) is 0.316. The van der Waals surface area contributed by atoms with Gasteiger partial charge in [0.1, 0.15) is 0 Å². The first-order valence-corrected chi connectivity index (χ1v) is 8.43. The maximum atomic E-state index is 12.4. The highest BCUT2D eigenvalue weighted by Crippen LogP contribution is 2.40. The van der Waals surface area contributed by atoms with E-state index in [1.165, 1.54) is 0 Å². The van der Waals surface area contributed by atoms with Gasteiger partial charge in [-0.3, -0.25) is 0 Å². The van der Waals surface area contributed by atoms with Crippen LogP contribution in [0, 0.1) is 0 Å². The fourth-order valence-electron chi connectivity index (χ4n) is 3.27. The number of hydrogen-bond donors (Lipinski definition) is 1. The lowest BCUT2D eigenvalue weighted by atomic mass is 10.0. The quantitative estimate of drug-likeness (QED) is 0.860. The van der Waals surface area contributed by atoms with Gasteiger partial charge in [0, 0.05) is 17.1 Å². The summed E-state index contributed by atoms with van der Waals surface area (Å²) in [5.41, 5.74) is 1.89. The molecule has 0 spiro atoms. The molecule has 3 atom stereocenters. The van der Waals surface area contributed by atoms with E-state index in [1.807, 2.05) is 47.4 Å². The number of ether oxygens (including phenoxy) is 1. The summed E-state index contributed by atoms with van der Waals surface area (Å²) in [6, 6.07) is 16.3. The second-order valence-corrected chi connectivity index (χ2v) is 6.25. The third kappa shape index (κ3) is 3.25. The van der Waals surface area contributed by atoms with Crippen molar-refractivity contribution in [1.82, 2.24) is 0 Å². The largest absolute Gasteiger partial charge is 0.464 e. The van der Waals surface area contributed by atoms with E-state index >= 15 is 0 Å². The minimum atomic E-state index is -0.787. The van der Waals surface area contributed by atoms with Crippen LogP contribution in [-0.4, -0.2) is 29.8 Å². The van der Waals surface area contributed by atoms with Crippen LogP contribution in [0.25, 0.3) is 0 Å². The lowest BCUT2D eigenvalue weighted by Gasteiger charge is -2.31. The summed E-state index contributed by atoms with van der Waals surface area (Å²) in [5, 5.41) is 11.2. The van der Waals surface area contributed by atoms with Crippen LogP contribution < -0.4 is 4.90 Å². The van der Waals surface area contributed by atoms with Crippen molar-refractivity contribution in [2.45, 2.75) is 31.5 Å². The second-order valence-electron chi connectivity index (χ2n) is 5.81. The van der Waals surface area contributed by atoms with Crippen LogP contribution in [0.5, 0.6) is 0 Å². The molecule has 4 nitrogen and oxygen atoms in total. The number of carbonyl (C=O) groups excluding carboxylic acids is 1. The number of aliphatic hydroxyl groups excluding tert-OH is 1. The van der Waals surface area contributed by atoms with Crippen molar-refractivity contribution in [1.29, 1.82) is 0 Å². The Kier molecular flexibility index (Phi) is 5.07. The van der Waals surface area contributed by atoms with Crippen LogP contribution in [0.1, 0.15) is 24.9 Å². The summed E-state index contributed by atoms with van der Waals surface area (Å²) >= 11 is 5.99. The zero-order valence-corrected chi connectivity index (χ0v) is 14.2. The number of halogens is 1. The summed E-state index contributed by atoms with van der Waals surface area (Å²) in [6.07, 6.45) is -0.319. The monoisotopic (exact) mass is 345 g/mol. The topological polar surface area (TPSA) is 49.8 Å². The van der Waals surface area contributed by atoms with Gasteiger partial charge in [0.2, 0.25) is 0 Å². The minimum Gasteiger partial charge on any atom is -0.464 e. The highest BCUT2D eigenvalue weighted by molar-refractivity contribution is 6.30. The Labute approximate surface area is 146 Å². The summed E-state index contributed by atoms with van der Waals surface area (Å²) in [4.78, 5) is 14.4. The van der Waals surface area contributed by atoms with Gasteiger partial charge in [-0.05, 0) is 36.8 Å². The predicted octanol–water partition coefficient (Wildman–Crippen LogP) is 3.58. The molecular formula is C19H20ClNO3. The molecule has 0 unspecified atom stereocenters.